The summed E-state index contributed by atoms with van der Waals surface area (Å²) in [5, 5.41) is 85.1. The zero-order valence-corrected chi connectivity index (χ0v) is 36.2. The van der Waals surface area contributed by atoms with Crippen molar-refractivity contribution in [3.63, 3.8) is 0 Å². The van der Waals surface area contributed by atoms with E-state index in [9.17, 15) is 40.9 Å². The first-order valence-corrected chi connectivity index (χ1v) is 23.1. The Hall–Kier alpha value is -0.980. The van der Waals surface area contributed by atoms with E-state index >= 15 is 0 Å². The smallest absolute Gasteiger partial charge is 0.187 e. The first kappa shape index (κ1) is 44.8. The summed E-state index contributed by atoms with van der Waals surface area (Å²) in [4.78, 5) is 13.4. The number of rotatable bonds is 8. The van der Waals surface area contributed by atoms with E-state index in [0.717, 1.165) is 38.7 Å². The molecule has 11 aliphatic rings. The molecular formula is C44H68O18. The van der Waals surface area contributed by atoms with Crippen molar-refractivity contribution in [2.45, 2.75) is 201 Å². The molecule has 26 unspecified atom stereocenters. The Kier molecular flexibility index (Phi) is 11.4. The predicted molar refractivity (Wildman–Crippen MR) is 209 cm³/mol. The van der Waals surface area contributed by atoms with Crippen LogP contribution in [0.5, 0.6) is 0 Å². The van der Waals surface area contributed by atoms with Gasteiger partial charge in [0.2, 0.25) is 0 Å². The molecule has 0 aromatic carbocycles. The Morgan fingerprint density at radius 3 is 2.05 bits per heavy atom. The van der Waals surface area contributed by atoms with Crippen molar-refractivity contribution < 1.29 is 88.5 Å². The molecule has 3 saturated carbocycles. The molecule has 7 aliphatic heterocycles. The molecule has 11 rings (SSSR count). The Bertz CT molecular complexity index is 1680. The van der Waals surface area contributed by atoms with E-state index in [0.29, 0.717) is 31.1 Å². The van der Waals surface area contributed by atoms with Gasteiger partial charge in [-0.15, -0.1) is 0 Å². The van der Waals surface area contributed by atoms with E-state index < -0.39 is 122 Å². The van der Waals surface area contributed by atoms with Gasteiger partial charge in [0.1, 0.15) is 72.2 Å². The van der Waals surface area contributed by atoms with Gasteiger partial charge in [-0.1, -0.05) is 33.8 Å². The molecule has 3 spiro atoms. The molecular weight excluding hydrogens is 816 g/mol. The van der Waals surface area contributed by atoms with Crippen LogP contribution >= 0.6 is 0 Å². The Balaban J connectivity index is 0.889. The van der Waals surface area contributed by atoms with Gasteiger partial charge in [0, 0.05) is 36.0 Å². The first-order chi connectivity index (χ1) is 29.4. The lowest BCUT2D eigenvalue weighted by Gasteiger charge is -2.69. The van der Waals surface area contributed by atoms with Crippen LogP contribution in [0.4, 0.5) is 0 Å². The zero-order valence-electron chi connectivity index (χ0n) is 36.2. The van der Waals surface area contributed by atoms with Crippen LogP contribution in [0, 0.1) is 40.4 Å². The summed E-state index contributed by atoms with van der Waals surface area (Å²) in [6.45, 7) is 10.2. The van der Waals surface area contributed by atoms with Crippen molar-refractivity contribution in [2.24, 2.45) is 40.4 Å². The van der Waals surface area contributed by atoms with Crippen LogP contribution < -0.4 is 0 Å². The monoisotopic (exact) mass is 884 g/mol. The SMILES string of the molecule is CC1CCC2(OC1)OC1CC3C(C)(CCC4C35C=CC3(CC(OC6OC(CO)C(OC7OC(CO)C(O)C7O)C(O)C6OC6OC(C)C(O)C(O)C6O)CCC43C)OO5)C1C2C. The van der Waals surface area contributed by atoms with Crippen LogP contribution in [-0.2, 0) is 47.7 Å². The molecule has 62 heavy (non-hydrogen) atoms. The lowest BCUT2D eigenvalue weighted by atomic mass is 9.42. The normalized spacial score (nSPS) is 60.4. The molecule has 0 amide bonds. The summed E-state index contributed by atoms with van der Waals surface area (Å²) in [5.41, 5.74) is -1.86. The molecule has 6 saturated heterocycles. The molecule has 0 aromatic rings. The van der Waals surface area contributed by atoms with E-state index in [1.54, 1.807) is 0 Å². The van der Waals surface area contributed by atoms with E-state index in [4.69, 9.17) is 47.7 Å². The number of aliphatic hydroxyl groups is 8. The molecule has 26 atom stereocenters. The Morgan fingerprint density at radius 2 is 1.37 bits per heavy atom. The van der Waals surface area contributed by atoms with Crippen LogP contribution in [0.25, 0.3) is 0 Å². The molecule has 4 aliphatic carbocycles. The van der Waals surface area contributed by atoms with Crippen molar-refractivity contribution in [3.05, 3.63) is 12.2 Å². The number of aliphatic hydroxyl groups excluding tert-OH is 8. The number of hydrogen-bond donors (Lipinski definition) is 8. The van der Waals surface area contributed by atoms with Gasteiger partial charge in [0.25, 0.3) is 0 Å². The molecule has 9 fully saturated rings. The average molecular weight is 885 g/mol. The van der Waals surface area contributed by atoms with Gasteiger partial charge in [-0.3, -0.25) is 0 Å². The van der Waals surface area contributed by atoms with Gasteiger partial charge < -0.3 is 78.7 Å². The van der Waals surface area contributed by atoms with Gasteiger partial charge >= 0.3 is 0 Å². The molecule has 18 nitrogen and oxygen atoms in total. The second-order valence-corrected chi connectivity index (χ2v) is 21.1. The van der Waals surface area contributed by atoms with Gasteiger partial charge in [-0.2, -0.15) is 0 Å². The van der Waals surface area contributed by atoms with E-state index in [2.05, 4.69) is 39.8 Å². The van der Waals surface area contributed by atoms with Gasteiger partial charge in [-0.25, -0.2) is 9.78 Å². The highest BCUT2D eigenvalue weighted by atomic mass is 17.2. The summed E-state index contributed by atoms with van der Waals surface area (Å²) in [7, 11) is 0. The fourth-order valence-corrected chi connectivity index (χ4v) is 14.3. The lowest BCUT2D eigenvalue weighted by molar-refractivity contribution is -0.499. The minimum atomic E-state index is -1.74. The fraction of sp³-hybridized carbons (Fsp3) is 0.955. The maximum Gasteiger partial charge on any atom is 0.187 e. The third-order valence-corrected chi connectivity index (χ3v) is 17.9. The van der Waals surface area contributed by atoms with Gasteiger partial charge in [-0.05, 0) is 68.8 Å². The summed E-state index contributed by atoms with van der Waals surface area (Å²) in [5.74, 6) is 0.946. The molecule has 18 heteroatoms. The van der Waals surface area contributed by atoms with E-state index in [1.165, 1.54) is 6.92 Å². The number of fused-ring (bicyclic) bond motifs is 4. The van der Waals surface area contributed by atoms with Crippen molar-refractivity contribution >= 4 is 0 Å². The Morgan fingerprint density at radius 1 is 0.661 bits per heavy atom. The van der Waals surface area contributed by atoms with Crippen LogP contribution in [0.15, 0.2) is 12.2 Å². The highest BCUT2D eigenvalue weighted by molar-refractivity contribution is 5.34. The van der Waals surface area contributed by atoms with Crippen LogP contribution in [0.1, 0.15) is 86.0 Å². The topological polar surface area (TPSA) is 254 Å². The van der Waals surface area contributed by atoms with Crippen molar-refractivity contribution in [2.75, 3.05) is 19.8 Å². The summed E-state index contributed by atoms with van der Waals surface area (Å²) < 4.78 is 49.9. The quantitative estimate of drug-likeness (QED) is 0.117. The second kappa shape index (κ2) is 15.8. The number of ether oxygens (including phenoxy) is 8. The zero-order chi connectivity index (χ0) is 43.9. The van der Waals surface area contributed by atoms with Crippen molar-refractivity contribution in [3.8, 4) is 0 Å². The minimum absolute atomic E-state index is 0.0406. The van der Waals surface area contributed by atoms with Crippen molar-refractivity contribution in [1.82, 2.24) is 0 Å². The van der Waals surface area contributed by atoms with E-state index in [1.807, 2.05) is 0 Å². The predicted octanol–water partition coefficient (Wildman–Crippen LogP) is -0.0839. The highest BCUT2D eigenvalue weighted by Crippen LogP contribution is 2.75. The molecule has 352 valence electrons. The second-order valence-electron chi connectivity index (χ2n) is 21.1. The lowest BCUT2D eigenvalue weighted by Crippen LogP contribution is -2.73. The number of hydrogen-bond acceptors (Lipinski definition) is 18. The molecule has 8 N–H and O–H groups in total. The summed E-state index contributed by atoms with van der Waals surface area (Å²) in [6, 6.07) is 0. The molecule has 0 radical (unpaired) electrons. The molecule has 7 heterocycles. The van der Waals surface area contributed by atoms with Crippen LogP contribution in [0.3, 0.4) is 0 Å². The third kappa shape index (κ3) is 6.41. The largest absolute Gasteiger partial charge is 0.394 e. The van der Waals surface area contributed by atoms with Crippen LogP contribution in [-0.4, -0.2) is 176 Å². The molecule has 0 aromatic heterocycles. The molecule has 2 bridgehead atoms. The van der Waals surface area contributed by atoms with E-state index in [-0.39, 0.29) is 34.7 Å². The summed E-state index contributed by atoms with van der Waals surface area (Å²) >= 11 is 0. The Labute approximate surface area is 361 Å². The summed E-state index contributed by atoms with van der Waals surface area (Å²) in [6.07, 6.45) is -9.98. The van der Waals surface area contributed by atoms with Crippen LogP contribution in [0.2, 0.25) is 0 Å². The van der Waals surface area contributed by atoms with Gasteiger partial charge in [0.05, 0.1) is 38.1 Å². The highest BCUT2D eigenvalue weighted by Gasteiger charge is 2.78. The standard InChI is InChI=1S/C44H68O18/c1-19-6-11-44(53-18-19)20(2)28-23(60-44)14-27-40(28,4)9-8-26-41(5)10-7-22(15-42(41)12-13-43(26,27)62-61-42)55-39-36(59-37-33(51)31(49)29(47)21(3)54-37)34(52)35(25(17-46)57-39)58-38-32(50)30(48)24(16-45)56-38/h12-13,19-39,45-52H,6-11,14-18H2,1-5H3. The first-order valence-electron chi connectivity index (χ1n) is 23.1. The van der Waals surface area contributed by atoms with Gasteiger partial charge in [0.15, 0.2) is 24.7 Å². The fourth-order valence-electron chi connectivity index (χ4n) is 14.3. The third-order valence-electron chi connectivity index (χ3n) is 17.9. The minimum Gasteiger partial charge on any atom is -0.394 e. The average Bonchev–Trinajstić information content (AvgIpc) is 3.82. The van der Waals surface area contributed by atoms with Crippen molar-refractivity contribution in [1.29, 1.82) is 0 Å². The maximum absolute atomic E-state index is 12.0. The maximum atomic E-state index is 12.0.